The Morgan fingerprint density at radius 1 is 1.23 bits per heavy atom. The number of carbonyl (C=O) groups excluding carboxylic acids is 1. The largest absolute Gasteiger partial charge is 0.334 e. The molecule has 0 unspecified atom stereocenters. The summed E-state index contributed by atoms with van der Waals surface area (Å²) in [6, 6.07) is 11.9. The number of benzene rings is 2. The van der Waals surface area contributed by atoms with Gasteiger partial charge in [0.25, 0.3) is 5.89 Å². The maximum Gasteiger partial charge on any atom is 0.259 e. The summed E-state index contributed by atoms with van der Waals surface area (Å²) in [5.74, 6) is 0.280. The lowest BCUT2D eigenvalue weighted by Gasteiger charge is -2.19. The summed E-state index contributed by atoms with van der Waals surface area (Å²) in [4.78, 5) is 15.8. The number of anilines is 1. The second-order valence-electron chi connectivity index (χ2n) is 6.75. The third-order valence-electron chi connectivity index (χ3n) is 4.36. The van der Waals surface area contributed by atoms with E-state index in [4.69, 9.17) is 16.1 Å². The molecule has 10 heteroatoms. The highest BCUT2D eigenvalue weighted by Gasteiger charge is 2.25. The Morgan fingerprint density at radius 3 is 2.67 bits per heavy atom. The monoisotopic (exact) mass is 448 g/mol. The van der Waals surface area contributed by atoms with Crippen LogP contribution in [-0.4, -0.2) is 42.4 Å². The molecule has 158 valence electrons. The first-order valence-corrected chi connectivity index (χ1v) is 10.9. The summed E-state index contributed by atoms with van der Waals surface area (Å²) < 4.78 is 32.6. The van der Waals surface area contributed by atoms with Crippen LogP contribution in [0, 0.1) is 6.92 Å². The fourth-order valence-electron chi connectivity index (χ4n) is 2.78. The van der Waals surface area contributed by atoms with Gasteiger partial charge in [-0.25, -0.2) is 12.7 Å². The Bertz CT molecular complexity index is 1180. The summed E-state index contributed by atoms with van der Waals surface area (Å²) >= 11 is 6.14. The fourth-order valence-corrected chi connectivity index (χ4v) is 4.40. The first-order valence-electron chi connectivity index (χ1n) is 9.10. The van der Waals surface area contributed by atoms with E-state index in [1.54, 1.807) is 43.3 Å². The van der Waals surface area contributed by atoms with Crippen molar-refractivity contribution in [2.24, 2.45) is 0 Å². The third kappa shape index (κ3) is 4.86. The quantitative estimate of drug-likeness (QED) is 0.592. The lowest BCUT2D eigenvalue weighted by atomic mass is 10.2. The van der Waals surface area contributed by atoms with Crippen molar-refractivity contribution < 1.29 is 17.7 Å². The third-order valence-corrected chi connectivity index (χ3v) is 6.59. The zero-order chi connectivity index (χ0) is 21.9. The van der Waals surface area contributed by atoms with Crippen molar-refractivity contribution in [3.63, 3.8) is 0 Å². The van der Waals surface area contributed by atoms with Crippen LogP contribution < -0.4 is 5.32 Å². The van der Waals surface area contributed by atoms with E-state index in [1.165, 1.54) is 24.3 Å². The topological polar surface area (TPSA) is 105 Å². The van der Waals surface area contributed by atoms with Crippen LogP contribution in [0.4, 0.5) is 5.69 Å². The fraction of sp³-hybridized carbons (Fsp3) is 0.250. The van der Waals surface area contributed by atoms with E-state index >= 15 is 0 Å². The summed E-state index contributed by atoms with van der Waals surface area (Å²) in [6.07, 6.45) is 0.241. The summed E-state index contributed by atoms with van der Waals surface area (Å²) in [5, 5.41) is 6.96. The van der Waals surface area contributed by atoms with E-state index in [2.05, 4.69) is 15.5 Å². The predicted molar refractivity (Wildman–Crippen MR) is 114 cm³/mol. The predicted octanol–water partition coefficient (Wildman–Crippen LogP) is 3.52. The molecule has 0 spiro atoms. The molecule has 0 saturated heterocycles. The maximum absolute atomic E-state index is 13.1. The first kappa shape index (κ1) is 21.9. The van der Waals surface area contributed by atoms with Gasteiger partial charge in [0.1, 0.15) is 4.90 Å². The molecule has 2 aromatic carbocycles. The maximum atomic E-state index is 13.1. The van der Waals surface area contributed by atoms with E-state index in [0.717, 1.165) is 5.56 Å². The van der Waals surface area contributed by atoms with Crippen molar-refractivity contribution in [1.29, 1.82) is 0 Å². The summed E-state index contributed by atoms with van der Waals surface area (Å²) in [6.45, 7) is 3.23. The van der Waals surface area contributed by atoms with Crippen LogP contribution >= 0.6 is 11.6 Å². The normalized spacial score (nSPS) is 11.6. The lowest BCUT2D eigenvalue weighted by Crippen LogP contribution is -2.30. The molecule has 1 N–H and O–H groups in total. The van der Waals surface area contributed by atoms with E-state index in [0.29, 0.717) is 16.4 Å². The van der Waals surface area contributed by atoms with E-state index in [9.17, 15) is 13.2 Å². The van der Waals surface area contributed by atoms with Gasteiger partial charge in [-0.15, -0.1) is 0 Å². The molecule has 3 aromatic rings. The Morgan fingerprint density at radius 2 is 1.97 bits per heavy atom. The van der Waals surface area contributed by atoms with E-state index in [-0.39, 0.29) is 35.3 Å². The second kappa shape index (κ2) is 8.95. The van der Waals surface area contributed by atoms with Crippen LogP contribution in [0.1, 0.15) is 18.3 Å². The number of likely N-dealkylation sites (N-methyl/N-ethyl adjacent to an activating group) is 1. The van der Waals surface area contributed by atoms with E-state index in [1.807, 2.05) is 0 Å². The number of halogens is 1. The van der Waals surface area contributed by atoms with Gasteiger partial charge in [-0.3, -0.25) is 4.79 Å². The molecular formula is C20H21ClN4O4S. The number of sulfonamides is 1. The van der Waals surface area contributed by atoms with Gasteiger partial charge in [-0.05, 0) is 36.8 Å². The van der Waals surface area contributed by atoms with Gasteiger partial charge in [0, 0.05) is 26.9 Å². The molecule has 0 atom stereocenters. The second-order valence-corrected chi connectivity index (χ2v) is 9.17. The highest BCUT2D eigenvalue weighted by Crippen LogP contribution is 2.27. The van der Waals surface area contributed by atoms with Crippen molar-refractivity contribution in [2.45, 2.75) is 25.2 Å². The molecule has 8 nitrogen and oxygen atoms in total. The lowest BCUT2D eigenvalue weighted by molar-refractivity contribution is -0.114. The van der Waals surface area contributed by atoms with E-state index < -0.39 is 10.0 Å². The van der Waals surface area contributed by atoms with Gasteiger partial charge in [0.05, 0.1) is 16.3 Å². The molecule has 1 heterocycles. The van der Waals surface area contributed by atoms with Crippen molar-refractivity contribution >= 4 is 33.2 Å². The smallest absolute Gasteiger partial charge is 0.259 e. The molecule has 1 aromatic heterocycles. The average Bonchev–Trinajstić information content (AvgIpc) is 3.16. The Labute approximate surface area is 179 Å². The number of rotatable bonds is 7. The minimum Gasteiger partial charge on any atom is -0.334 e. The number of nitrogens with one attached hydrogen (secondary N) is 1. The van der Waals surface area contributed by atoms with Crippen molar-refractivity contribution in [1.82, 2.24) is 14.4 Å². The van der Waals surface area contributed by atoms with Gasteiger partial charge >= 0.3 is 0 Å². The Kier molecular flexibility index (Phi) is 6.55. The van der Waals surface area contributed by atoms with Crippen LogP contribution in [0.15, 0.2) is 51.9 Å². The van der Waals surface area contributed by atoms with Gasteiger partial charge in [-0.1, -0.05) is 35.0 Å². The highest BCUT2D eigenvalue weighted by atomic mass is 35.5. The Hall–Kier alpha value is -2.75. The number of aromatic nitrogens is 2. The van der Waals surface area contributed by atoms with Crippen LogP contribution in [0.3, 0.4) is 0 Å². The SMILES string of the molecule is CC(=O)Nc1ccc(C)cc1S(=O)(=O)N(C)CCc1noc(-c2ccccc2Cl)n1. The van der Waals surface area contributed by atoms with Crippen molar-refractivity contribution in [3.8, 4) is 11.5 Å². The van der Waals surface area contributed by atoms with Crippen LogP contribution in [0.5, 0.6) is 0 Å². The molecule has 0 saturated carbocycles. The summed E-state index contributed by atoms with van der Waals surface area (Å²) in [5.41, 5.74) is 1.61. The molecule has 0 aliphatic heterocycles. The van der Waals surface area contributed by atoms with Gasteiger partial charge in [0.15, 0.2) is 5.82 Å². The van der Waals surface area contributed by atoms with Gasteiger partial charge < -0.3 is 9.84 Å². The zero-order valence-electron chi connectivity index (χ0n) is 16.7. The molecule has 1 amide bonds. The zero-order valence-corrected chi connectivity index (χ0v) is 18.3. The molecule has 0 aliphatic carbocycles. The Balaban J connectivity index is 1.77. The molecule has 0 bridgehead atoms. The highest BCUT2D eigenvalue weighted by molar-refractivity contribution is 7.89. The molecule has 3 rings (SSSR count). The van der Waals surface area contributed by atoms with Gasteiger partial charge in [-0.2, -0.15) is 4.98 Å². The molecule has 0 fully saturated rings. The molecular weight excluding hydrogens is 428 g/mol. The number of aryl methyl sites for hydroxylation is 1. The van der Waals surface area contributed by atoms with Crippen LogP contribution in [-0.2, 0) is 21.2 Å². The summed E-state index contributed by atoms with van der Waals surface area (Å²) in [7, 11) is -2.39. The minimum absolute atomic E-state index is 0.0325. The number of hydrogen-bond donors (Lipinski definition) is 1. The molecule has 0 radical (unpaired) electrons. The minimum atomic E-state index is -3.85. The number of hydrogen-bond acceptors (Lipinski definition) is 6. The van der Waals surface area contributed by atoms with Crippen molar-refractivity contribution in [2.75, 3.05) is 18.9 Å². The van der Waals surface area contributed by atoms with Crippen LogP contribution in [0.2, 0.25) is 5.02 Å². The number of amides is 1. The first-order chi connectivity index (χ1) is 14.2. The van der Waals surface area contributed by atoms with Crippen LogP contribution in [0.25, 0.3) is 11.5 Å². The molecule has 0 aliphatic rings. The van der Waals surface area contributed by atoms with Crippen molar-refractivity contribution in [3.05, 3.63) is 58.9 Å². The standard InChI is InChI=1S/C20H21ClN4O4S/c1-13-8-9-17(22-14(2)26)18(12-13)30(27,28)25(3)11-10-19-23-20(29-24-19)15-6-4-5-7-16(15)21/h4-9,12H,10-11H2,1-3H3,(H,22,26). The number of carbonyl (C=O) groups is 1. The van der Waals surface area contributed by atoms with Gasteiger partial charge in [0.2, 0.25) is 15.9 Å². The number of nitrogens with zero attached hydrogens (tertiary/aromatic N) is 3. The molecule has 30 heavy (non-hydrogen) atoms. The average molecular weight is 449 g/mol.